The number of hydrogen-bond donors (Lipinski definition) is 1. The van der Waals surface area contributed by atoms with E-state index in [4.69, 9.17) is 21.3 Å². The average Bonchev–Trinajstić information content (AvgIpc) is 3.05. The Morgan fingerprint density at radius 2 is 1.82 bits per heavy atom. The largest absolute Gasteiger partial charge is 0.496 e. The highest BCUT2D eigenvalue weighted by atomic mass is 35.5. The number of carbonyl (C=O) groups is 1. The number of para-hydroxylation sites is 1. The van der Waals surface area contributed by atoms with Gasteiger partial charge in [0.1, 0.15) is 22.9 Å². The average molecular weight is 392 g/mol. The summed E-state index contributed by atoms with van der Waals surface area (Å²) in [4.78, 5) is 17.6. The fourth-order valence-corrected chi connectivity index (χ4v) is 3.21. The highest BCUT2D eigenvalue weighted by Crippen LogP contribution is 2.35. The Morgan fingerprint density at radius 1 is 1.07 bits per heavy atom. The van der Waals surface area contributed by atoms with Crippen molar-refractivity contribution in [2.75, 3.05) is 12.4 Å². The number of hydrogen-bond acceptors (Lipinski definition) is 3. The first kappa shape index (κ1) is 18.1. The highest BCUT2D eigenvalue weighted by molar-refractivity contribution is 6.30. The molecule has 0 fully saturated rings. The monoisotopic (exact) mass is 391 g/mol. The molecule has 0 spiro atoms. The minimum atomic E-state index is -0.240. The minimum Gasteiger partial charge on any atom is -0.496 e. The molecular weight excluding hydrogens is 374 g/mol. The Hall–Kier alpha value is -3.31. The molecule has 0 bridgehead atoms. The van der Waals surface area contributed by atoms with Crippen molar-refractivity contribution in [2.24, 2.45) is 0 Å². The summed E-state index contributed by atoms with van der Waals surface area (Å²) in [6, 6.07) is 18.3. The smallest absolute Gasteiger partial charge is 0.256 e. The number of nitrogens with zero attached hydrogens (tertiary/aromatic N) is 2. The number of amides is 1. The van der Waals surface area contributed by atoms with Crippen molar-refractivity contribution in [3.05, 3.63) is 83.0 Å². The van der Waals surface area contributed by atoms with Crippen molar-refractivity contribution in [2.45, 2.75) is 6.92 Å². The van der Waals surface area contributed by atoms with Gasteiger partial charge in [0.15, 0.2) is 0 Å². The lowest BCUT2D eigenvalue weighted by molar-refractivity contribution is 0.102. The number of fused-ring (bicyclic) bond motifs is 1. The van der Waals surface area contributed by atoms with Gasteiger partial charge in [0.2, 0.25) is 0 Å². The maximum Gasteiger partial charge on any atom is 0.256 e. The van der Waals surface area contributed by atoms with E-state index in [0.29, 0.717) is 27.8 Å². The van der Waals surface area contributed by atoms with Gasteiger partial charge in [-0.2, -0.15) is 0 Å². The molecule has 28 heavy (non-hydrogen) atoms. The Morgan fingerprint density at radius 3 is 2.57 bits per heavy atom. The van der Waals surface area contributed by atoms with E-state index >= 15 is 0 Å². The summed E-state index contributed by atoms with van der Waals surface area (Å²) in [5.41, 5.74) is 3.75. The van der Waals surface area contributed by atoms with Gasteiger partial charge in [-0.05, 0) is 55.0 Å². The predicted octanol–water partition coefficient (Wildman–Crippen LogP) is 5.22. The van der Waals surface area contributed by atoms with E-state index < -0.39 is 0 Å². The van der Waals surface area contributed by atoms with Crippen LogP contribution in [0.3, 0.4) is 0 Å². The van der Waals surface area contributed by atoms with Gasteiger partial charge in [0, 0.05) is 22.3 Å². The van der Waals surface area contributed by atoms with Crippen LogP contribution in [0.15, 0.2) is 66.9 Å². The second kappa shape index (κ2) is 7.37. The molecule has 0 atom stereocenters. The molecule has 0 aliphatic heterocycles. The van der Waals surface area contributed by atoms with Gasteiger partial charge in [0.05, 0.1) is 7.11 Å². The Bertz CT molecular complexity index is 1170. The maximum atomic E-state index is 12.9. The molecule has 0 aliphatic rings. The number of rotatable bonds is 4. The van der Waals surface area contributed by atoms with Crippen LogP contribution >= 0.6 is 11.6 Å². The van der Waals surface area contributed by atoms with Gasteiger partial charge in [-0.1, -0.05) is 29.8 Å². The number of benzene rings is 2. The molecule has 140 valence electrons. The fraction of sp³-hybridized carbons (Fsp3) is 0.0909. The van der Waals surface area contributed by atoms with Crippen LogP contribution in [0.1, 0.15) is 15.9 Å². The lowest BCUT2D eigenvalue weighted by Gasteiger charge is -2.10. The van der Waals surface area contributed by atoms with Gasteiger partial charge in [-0.25, -0.2) is 4.98 Å². The van der Waals surface area contributed by atoms with E-state index in [-0.39, 0.29) is 5.91 Å². The molecule has 0 unspecified atom stereocenters. The molecule has 2 heterocycles. The van der Waals surface area contributed by atoms with Crippen LogP contribution in [0.4, 0.5) is 5.82 Å². The number of imidazole rings is 1. The van der Waals surface area contributed by atoms with Crippen molar-refractivity contribution in [1.29, 1.82) is 0 Å². The summed E-state index contributed by atoms with van der Waals surface area (Å²) >= 11 is 5.93. The maximum absolute atomic E-state index is 12.9. The Kier molecular flexibility index (Phi) is 4.75. The van der Waals surface area contributed by atoms with E-state index in [1.54, 1.807) is 31.4 Å². The second-order valence-corrected chi connectivity index (χ2v) is 6.84. The summed E-state index contributed by atoms with van der Waals surface area (Å²) in [5.74, 6) is 1.03. The molecule has 1 amide bonds. The van der Waals surface area contributed by atoms with Crippen LogP contribution in [0.2, 0.25) is 5.02 Å². The molecule has 0 saturated heterocycles. The normalized spacial score (nSPS) is 10.8. The first-order chi connectivity index (χ1) is 13.6. The number of aryl methyl sites for hydroxylation is 1. The van der Waals surface area contributed by atoms with Crippen LogP contribution < -0.4 is 10.1 Å². The van der Waals surface area contributed by atoms with Crippen molar-refractivity contribution in [3.63, 3.8) is 0 Å². The van der Waals surface area contributed by atoms with Crippen molar-refractivity contribution < 1.29 is 9.53 Å². The molecule has 4 rings (SSSR count). The minimum absolute atomic E-state index is 0.240. The number of pyridine rings is 1. The highest BCUT2D eigenvalue weighted by Gasteiger charge is 2.19. The predicted molar refractivity (Wildman–Crippen MR) is 111 cm³/mol. The number of methoxy groups -OCH3 is 1. The fourth-order valence-electron chi connectivity index (χ4n) is 3.08. The third-order valence-electron chi connectivity index (χ3n) is 4.47. The molecule has 0 radical (unpaired) electrons. The number of aromatic nitrogens is 2. The van der Waals surface area contributed by atoms with Crippen LogP contribution in [-0.2, 0) is 0 Å². The topological polar surface area (TPSA) is 55.6 Å². The van der Waals surface area contributed by atoms with E-state index in [9.17, 15) is 4.79 Å². The molecule has 6 heteroatoms. The van der Waals surface area contributed by atoms with Crippen molar-refractivity contribution in [1.82, 2.24) is 9.38 Å². The summed E-state index contributed by atoms with van der Waals surface area (Å²) in [5, 5.41) is 3.59. The number of nitrogens with one attached hydrogen (secondary N) is 1. The standard InChI is InChI=1S/C22H18ClN3O2/c1-14-7-12-19-24-20(17-5-3-4-6-18(17)28-2)21(26(19)13-14)25-22(27)15-8-10-16(23)11-9-15/h3-13H,1-2H3,(H,25,27). The molecule has 0 saturated carbocycles. The van der Waals surface area contributed by atoms with Crippen molar-refractivity contribution >= 4 is 29.0 Å². The number of halogens is 1. The zero-order valence-electron chi connectivity index (χ0n) is 15.4. The van der Waals surface area contributed by atoms with Crippen LogP contribution in [0.25, 0.3) is 16.9 Å². The number of carbonyl (C=O) groups excluding carboxylic acids is 1. The molecule has 0 aliphatic carbocycles. The van der Waals surface area contributed by atoms with Gasteiger partial charge in [0.25, 0.3) is 5.91 Å². The van der Waals surface area contributed by atoms with E-state index in [1.807, 2.05) is 53.9 Å². The zero-order valence-corrected chi connectivity index (χ0v) is 16.2. The Labute approximate surface area is 167 Å². The second-order valence-electron chi connectivity index (χ2n) is 6.40. The van der Waals surface area contributed by atoms with Gasteiger partial charge in [-0.15, -0.1) is 0 Å². The summed E-state index contributed by atoms with van der Waals surface area (Å²) in [7, 11) is 1.62. The molecule has 2 aromatic carbocycles. The van der Waals surface area contributed by atoms with Crippen LogP contribution in [-0.4, -0.2) is 22.4 Å². The zero-order chi connectivity index (χ0) is 19.7. The lowest BCUT2D eigenvalue weighted by atomic mass is 10.1. The third-order valence-corrected chi connectivity index (χ3v) is 4.72. The van der Waals surface area contributed by atoms with Gasteiger partial charge < -0.3 is 10.1 Å². The van der Waals surface area contributed by atoms with Crippen molar-refractivity contribution in [3.8, 4) is 17.0 Å². The number of anilines is 1. The van der Waals surface area contributed by atoms with Gasteiger partial charge >= 0.3 is 0 Å². The quantitative estimate of drug-likeness (QED) is 0.518. The van der Waals surface area contributed by atoms with Crippen LogP contribution in [0.5, 0.6) is 5.75 Å². The summed E-state index contributed by atoms with van der Waals surface area (Å²) < 4.78 is 7.38. The molecule has 4 aromatic rings. The van der Waals surface area contributed by atoms with Crippen LogP contribution in [0, 0.1) is 6.92 Å². The van der Waals surface area contributed by atoms with E-state index in [1.165, 1.54) is 0 Å². The van der Waals surface area contributed by atoms with E-state index in [0.717, 1.165) is 16.8 Å². The summed E-state index contributed by atoms with van der Waals surface area (Å²) in [6.07, 6.45) is 1.94. The molecular formula is C22H18ClN3O2. The van der Waals surface area contributed by atoms with Gasteiger partial charge in [-0.3, -0.25) is 9.20 Å². The third kappa shape index (κ3) is 3.32. The SMILES string of the molecule is COc1ccccc1-c1nc2ccc(C)cn2c1NC(=O)c1ccc(Cl)cc1. The first-order valence-electron chi connectivity index (χ1n) is 8.76. The molecule has 1 N–H and O–H groups in total. The first-order valence-corrected chi connectivity index (χ1v) is 9.13. The molecule has 2 aromatic heterocycles. The molecule has 5 nitrogen and oxygen atoms in total. The Balaban J connectivity index is 1.86. The summed E-state index contributed by atoms with van der Waals surface area (Å²) in [6.45, 7) is 1.99. The lowest BCUT2D eigenvalue weighted by Crippen LogP contribution is -2.14. The number of ether oxygens (including phenoxy) is 1. The van der Waals surface area contributed by atoms with E-state index in [2.05, 4.69) is 5.32 Å².